The summed E-state index contributed by atoms with van der Waals surface area (Å²) in [5, 5.41) is 20.6. The van der Waals surface area contributed by atoms with Gasteiger partial charge in [-0.3, -0.25) is 32.5 Å². The van der Waals surface area contributed by atoms with Crippen molar-refractivity contribution in [3.63, 3.8) is 0 Å². The van der Waals surface area contributed by atoms with E-state index in [4.69, 9.17) is 32.3 Å². The average molecular weight is 1360 g/mol. The van der Waals surface area contributed by atoms with Crippen LogP contribution in [0.1, 0.15) is 342 Å². The summed E-state index contributed by atoms with van der Waals surface area (Å²) in [6.45, 7) is 2.63. The van der Waals surface area contributed by atoms with Gasteiger partial charge in [0.2, 0.25) is 0 Å². The minimum Gasteiger partial charge on any atom is -0.463 e. The van der Waals surface area contributed by atoms with Gasteiger partial charge >= 0.3 is 33.6 Å². The Kier molecular flexibility index (Phi) is 67.1. The van der Waals surface area contributed by atoms with Crippen LogP contribution in [0.3, 0.4) is 0 Å². The maximum Gasteiger partial charge on any atom is 0.472 e. The lowest BCUT2D eigenvalue weighted by Crippen LogP contribution is -2.30. The first-order valence-corrected chi connectivity index (χ1v) is 40.6. The predicted molar refractivity (Wildman–Crippen MR) is 381 cm³/mol. The molecule has 5 atom stereocenters. The predicted octanol–water partition coefficient (Wildman–Crippen LogP) is 21.3. The van der Waals surface area contributed by atoms with Crippen molar-refractivity contribution in [2.75, 3.05) is 39.6 Å². The van der Waals surface area contributed by atoms with Crippen LogP contribution in [-0.2, 0) is 55.8 Å². The second-order valence-corrected chi connectivity index (χ2v) is 28.3. The topological polar surface area (TPSA) is 231 Å². The van der Waals surface area contributed by atoms with E-state index in [1.54, 1.807) is 0 Å². The Hall–Kier alpha value is -2.75. The van der Waals surface area contributed by atoms with Gasteiger partial charge < -0.3 is 34.2 Å². The van der Waals surface area contributed by atoms with E-state index >= 15 is 0 Å². The SMILES string of the molecule is CC/C=C\C/C=C\C/C=C\C/C=C\C/C=C\CCCCCCCCCCCCCC(=O)OCC(O)COP(=O)(O)OCC(O)COP(=O)(O)OCC(COC(=O)CCCCCCCCCCCCCCCCC)OC(=O)CCCCCCCCCCCCCCCCC. The molecule has 93 heavy (non-hydrogen) atoms. The van der Waals surface area contributed by atoms with E-state index < -0.39 is 91.5 Å². The number of hydrogen-bond acceptors (Lipinski definition) is 14. The molecule has 0 aliphatic rings. The fraction of sp³-hybridized carbons (Fsp3) is 0.827. The van der Waals surface area contributed by atoms with Crippen LogP contribution in [0.25, 0.3) is 0 Å². The summed E-state index contributed by atoms with van der Waals surface area (Å²) in [4.78, 5) is 58.5. The fourth-order valence-electron chi connectivity index (χ4n) is 10.5. The van der Waals surface area contributed by atoms with Gasteiger partial charge in [-0.2, -0.15) is 0 Å². The van der Waals surface area contributed by atoms with Crippen LogP contribution in [0.2, 0.25) is 0 Å². The summed E-state index contributed by atoms with van der Waals surface area (Å²) >= 11 is 0. The Morgan fingerprint density at radius 2 is 0.570 bits per heavy atom. The van der Waals surface area contributed by atoms with Gasteiger partial charge in [0.05, 0.1) is 26.4 Å². The number of carbonyl (C=O) groups is 3. The van der Waals surface area contributed by atoms with E-state index in [-0.39, 0.29) is 19.3 Å². The van der Waals surface area contributed by atoms with Crippen molar-refractivity contribution < 1.29 is 75.8 Å². The van der Waals surface area contributed by atoms with Crippen LogP contribution < -0.4 is 0 Å². The maximum absolute atomic E-state index is 12.9. The number of allylic oxidation sites excluding steroid dienone is 10. The van der Waals surface area contributed by atoms with Crippen molar-refractivity contribution in [1.29, 1.82) is 0 Å². The highest BCUT2D eigenvalue weighted by molar-refractivity contribution is 7.47. The van der Waals surface area contributed by atoms with E-state index in [1.165, 1.54) is 186 Å². The standard InChI is InChI=1S/C75H138O16P2/c1-4-7-10-13-16-19-22-25-28-29-30-31-32-33-34-35-36-37-38-39-42-44-46-49-52-55-58-61-73(78)85-64-70(76)65-87-92(81,82)88-66-71(77)67-89-93(83,84)90-69-72(91-75(80)63-60-57-54-51-48-45-41-27-24-21-18-15-12-9-6-3)68-86-74(79)62-59-56-53-50-47-43-40-26-23-20-17-14-11-8-5-2/h7,10,16,19,25,28,30-31,33-34,70-72,76-77H,4-6,8-9,11-15,17-18,20-24,26-27,29,32,35-69H2,1-3H3,(H,81,82)(H,83,84)/b10-7-,19-16-,28-25-,31-30-,34-33-. The number of aliphatic hydroxyl groups is 2. The molecule has 5 unspecified atom stereocenters. The van der Waals surface area contributed by atoms with Crippen LogP contribution in [0.4, 0.5) is 0 Å². The molecule has 0 rings (SSSR count). The second-order valence-electron chi connectivity index (χ2n) is 25.4. The van der Waals surface area contributed by atoms with Gasteiger partial charge in [0.25, 0.3) is 0 Å². The van der Waals surface area contributed by atoms with Gasteiger partial charge in [-0.05, 0) is 64.2 Å². The smallest absolute Gasteiger partial charge is 0.463 e. The van der Waals surface area contributed by atoms with Crippen molar-refractivity contribution in [3.8, 4) is 0 Å². The van der Waals surface area contributed by atoms with Crippen molar-refractivity contribution >= 4 is 33.6 Å². The van der Waals surface area contributed by atoms with Gasteiger partial charge in [-0.1, -0.05) is 319 Å². The Morgan fingerprint density at radius 1 is 0.312 bits per heavy atom. The van der Waals surface area contributed by atoms with Crippen molar-refractivity contribution in [1.82, 2.24) is 0 Å². The fourth-order valence-corrected chi connectivity index (χ4v) is 12.1. The van der Waals surface area contributed by atoms with Crippen molar-refractivity contribution in [3.05, 3.63) is 60.8 Å². The number of phosphoric ester groups is 2. The number of esters is 3. The molecule has 0 radical (unpaired) electrons. The number of rotatable bonds is 72. The molecule has 0 amide bonds. The first kappa shape index (κ1) is 90.2. The normalized spacial score (nSPS) is 14.4. The van der Waals surface area contributed by atoms with Crippen LogP contribution in [0, 0.1) is 0 Å². The molecule has 4 N–H and O–H groups in total. The van der Waals surface area contributed by atoms with Gasteiger partial charge in [-0.15, -0.1) is 0 Å². The monoisotopic (exact) mass is 1360 g/mol. The molecule has 16 nitrogen and oxygen atoms in total. The van der Waals surface area contributed by atoms with Gasteiger partial charge in [0.1, 0.15) is 25.4 Å². The van der Waals surface area contributed by atoms with E-state index in [9.17, 15) is 43.5 Å². The second kappa shape index (κ2) is 69.2. The van der Waals surface area contributed by atoms with E-state index in [2.05, 4.69) is 81.5 Å². The summed E-state index contributed by atoms with van der Waals surface area (Å²) in [6.07, 6.45) is 72.7. The van der Waals surface area contributed by atoms with Crippen molar-refractivity contribution in [2.24, 2.45) is 0 Å². The third kappa shape index (κ3) is 70.4. The molecule has 0 aromatic heterocycles. The zero-order valence-electron chi connectivity index (χ0n) is 59.2. The lowest BCUT2D eigenvalue weighted by Gasteiger charge is -2.21. The third-order valence-corrected chi connectivity index (χ3v) is 18.2. The quantitative estimate of drug-likeness (QED) is 0.0146. The van der Waals surface area contributed by atoms with Gasteiger partial charge in [-0.25, -0.2) is 9.13 Å². The summed E-state index contributed by atoms with van der Waals surface area (Å²) in [5.74, 6) is -1.55. The zero-order valence-corrected chi connectivity index (χ0v) is 61.0. The number of aliphatic hydroxyl groups excluding tert-OH is 2. The zero-order chi connectivity index (χ0) is 68.1. The number of carbonyl (C=O) groups excluding carboxylic acids is 3. The molecule has 544 valence electrons. The van der Waals surface area contributed by atoms with E-state index in [1.807, 2.05) is 0 Å². The summed E-state index contributed by atoms with van der Waals surface area (Å²) < 4.78 is 61.0. The minimum atomic E-state index is -4.92. The van der Waals surface area contributed by atoms with Gasteiger partial charge in [0.15, 0.2) is 6.10 Å². The van der Waals surface area contributed by atoms with E-state index in [0.29, 0.717) is 19.3 Å². The lowest BCUT2D eigenvalue weighted by atomic mass is 10.0. The molecule has 0 aliphatic carbocycles. The summed E-state index contributed by atoms with van der Waals surface area (Å²) in [5.41, 5.74) is 0. The van der Waals surface area contributed by atoms with Gasteiger partial charge in [0, 0.05) is 19.3 Å². The Bertz CT molecular complexity index is 1940. The highest BCUT2D eigenvalue weighted by Crippen LogP contribution is 2.45. The first-order valence-electron chi connectivity index (χ1n) is 37.6. The van der Waals surface area contributed by atoms with E-state index in [0.717, 1.165) is 96.3 Å². The number of ether oxygens (including phenoxy) is 3. The molecule has 0 aliphatic heterocycles. The summed E-state index contributed by atoms with van der Waals surface area (Å²) in [6, 6.07) is 0. The van der Waals surface area contributed by atoms with Crippen LogP contribution in [-0.4, -0.2) is 95.9 Å². The van der Waals surface area contributed by atoms with Crippen LogP contribution in [0.5, 0.6) is 0 Å². The highest BCUT2D eigenvalue weighted by Gasteiger charge is 2.29. The lowest BCUT2D eigenvalue weighted by molar-refractivity contribution is -0.161. The molecule has 0 saturated carbocycles. The first-order chi connectivity index (χ1) is 45.2. The molecule has 0 heterocycles. The molecular weight excluding hydrogens is 1220 g/mol. The molecular formula is C75H138O16P2. The van der Waals surface area contributed by atoms with Crippen molar-refractivity contribution in [2.45, 2.75) is 360 Å². The highest BCUT2D eigenvalue weighted by atomic mass is 31.2. The number of hydrogen-bond donors (Lipinski definition) is 4. The Morgan fingerprint density at radius 3 is 0.903 bits per heavy atom. The Labute approximate surface area is 567 Å². The molecule has 0 aromatic carbocycles. The minimum absolute atomic E-state index is 0.114. The molecule has 0 bridgehead atoms. The molecule has 0 spiro atoms. The van der Waals surface area contributed by atoms with Crippen LogP contribution >= 0.6 is 15.6 Å². The average Bonchev–Trinajstić information content (AvgIpc) is 3.71. The maximum atomic E-state index is 12.9. The molecule has 0 saturated heterocycles. The van der Waals surface area contributed by atoms with Crippen LogP contribution in [0.15, 0.2) is 60.8 Å². The summed E-state index contributed by atoms with van der Waals surface area (Å²) in [7, 11) is -9.76. The number of phosphoric acid groups is 2. The third-order valence-electron chi connectivity index (χ3n) is 16.3. The molecule has 18 heteroatoms. The molecule has 0 fully saturated rings. The largest absolute Gasteiger partial charge is 0.472 e. The Balaban J connectivity index is 4.48. The number of unbranched alkanes of at least 4 members (excludes halogenated alkanes) is 39. The molecule has 0 aromatic rings.